The van der Waals surface area contributed by atoms with Gasteiger partial charge in [-0.2, -0.15) is 0 Å². The molecule has 1 saturated heterocycles. The molecule has 0 unspecified atom stereocenters. The molecule has 1 aromatic heterocycles. The molecule has 1 aromatic rings. The first kappa shape index (κ1) is 12.6. The molecule has 0 bridgehead atoms. The summed E-state index contributed by atoms with van der Waals surface area (Å²) in [7, 11) is 0. The fourth-order valence-corrected chi connectivity index (χ4v) is 2.69. The Morgan fingerprint density at radius 3 is 2.63 bits per heavy atom. The second-order valence-electron chi connectivity index (χ2n) is 5.41. The lowest BCUT2D eigenvalue weighted by Crippen LogP contribution is -2.47. The average molecular weight is 259 g/mol. The molecule has 0 radical (unpaired) electrons. The third-order valence-electron chi connectivity index (χ3n) is 4.04. The van der Waals surface area contributed by atoms with Crippen LogP contribution in [0.5, 0.6) is 0 Å². The number of hydrogen-bond acceptors (Lipinski definition) is 4. The molecule has 4 heteroatoms. The molecule has 102 valence electrons. The van der Waals surface area contributed by atoms with Crippen molar-refractivity contribution in [3.05, 3.63) is 23.9 Å². The number of anilines is 1. The highest BCUT2D eigenvalue weighted by Crippen LogP contribution is 2.28. The van der Waals surface area contributed by atoms with Crippen LogP contribution < -0.4 is 4.90 Å². The SMILES string of the molecule is CCC(=O)c1cccc(N2CCN(C3CC3)CC2)n1. The van der Waals surface area contributed by atoms with E-state index >= 15 is 0 Å². The molecule has 1 aliphatic heterocycles. The van der Waals surface area contributed by atoms with Crippen molar-refractivity contribution in [2.24, 2.45) is 0 Å². The molecule has 0 amide bonds. The van der Waals surface area contributed by atoms with E-state index in [-0.39, 0.29) is 5.78 Å². The minimum atomic E-state index is 0.124. The summed E-state index contributed by atoms with van der Waals surface area (Å²) >= 11 is 0. The Hall–Kier alpha value is -1.42. The van der Waals surface area contributed by atoms with Crippen LogP contribution in [0.15, 0.2) is 18.2 Å². The maximum atomic E-state index is 11.7. The predicted molar refractivity (Wildman–Crippen MR) is 75.7 cm³/mol. The van der Waals surface area contributed by atoms with Crippen molar-refractivity contribution in [1.82, 2.24) is 9.88 Å². The van der Waals surface area contributed by atoms with Gasteiger partial charge in [-0.05, 0) is 25.0 Å². The van der Waals surface area contributed by atoms with Crippen LogP contribution in [0.1, 0.15) is 36.7 Å². The van der Waals surface area contributed by atoms with Crippen LogP contribution in [0.4, 0.5) is 5.82 Å². The Morgan fingerprint density at radius 1 is 1.26 bits per heavy atom. The summed E-state index contributed by atoms with van der Waals surface area (Å²) in [6.45, 7) is 6.17. The molecule has 0 spiro atoms. The van der Waals surface area contributed by atoms with Gasteiger partial charge < -0.3 is 4.90 Å². The van der Waals surface area contributed by atoms with Crippen LogP contribution in [0.3, 0.4) is 0 Å². The van der Waals surface area contributed by atoms with Crippen LogP contribution in [0.25, 0.3) is 0 Å². The van der Waals surface area contributed by atoms with Crippen molar-refractivity contribution in [3.8, 4) is 0 Å². The van der Waals surface area contributed by atoms with Crippen LogP contribution in [-0.4, -0.2) is 47.9 Å². The maximum absolute atomic E-state index is 11.7. The Morgan fingerprint density at radius 2 is 2.00 bits per heavy atom. The van der Waals surface area contributed by atoms with Crippen LogP contribution in [0, 0.1) is 0 Å². The summed E-state index contributed by atoms with van der Waals surface area (Å²) in [5.41, 5.74) is 0.602. The molecule has 2 aliphatic rings. The van der Waals surface area contributed by atoms with E-state index in [1.54, 1.807) is 0 Å². The van der Waals surface area contributed by atoms with Crippen LogP contribution in [0.2, 0.25) is 0 Å². The molecule has 0 atom stereocenters. The number of aromatic nitrogens is 1. The lowest BCUT2D eigenvalue weighted by molar-refractivity contribution is 0.0983. The van der Waals surface area contributed by atoms with Gasteiger partial charge >= 0.3 is 0 Å². The first-order chi connectivity index (χ1) is 9.28. The summed E-state index contributed by atoms with van der Waals surface area (Å²) in [5.74, 6) is 1.08. The molecular weight excluding hydrogens is 238 g/mol. The molecule has 4 nitrogen and oxygen atoms in total. The molecule has 0 N–H and O–H groups in total. The van der Waals surface area contributed by atoms with Crippen molar-refractivity contribution in [3.63, 3.8) is 0 Å². The van der Waals surface area contributed by atoms with Gasteiger partial charge in [0.1, 0.15) is 11.5 Å². The molecule has 3 rings (SSSR count). The number of carbonyl (C=O) groups is 1. The number of ketones is 1. The van der Waals surface area contributed by atoms with E-state index in [4.69, 9.17) is 0 Å². The highest BCUT2D eigenvalue weighted by atomic mass is 16.1. The van der Waals surface area contributed by atoms with E-state index in [1.165, 1.54) is 12.8 Å². The number of carbonyl (C=O) groups excluding carboxylic acids is 1. The third-order valence-corrected chi connectivity index (χ3v) is 4.04. The lowest BCUT2D eigenvalue weighted by Gasteiger charge is -2.35. The normalized spacial score (nSPS) is 20.6. The summed E-state index contributed by atoms with van der Waals surface area (Å²) < 4.78 is 0. The van der Waals surface area contributed by atoms with Gasteiger partial charge in [0.05, 0.1) is 0 Å². The van der Waals surface area contributed by atoms with Gasteiger partial charge in [0, 0.05) is 38.6 Å². The fraction of sp³-hybridized carbons (Fsp3) is 0.600. The number of piperazine rings is 1. The molecule has 2 fully saturated rings. The molecule has 1 aliphatic carbocycles. The summed E-state index contributed by atoms with van der Waals surface area (Å²) in [6, 6.07) is 6.62. The monoisotopic (exact) mass is 259 g/mol. The largest absolute Gasteiger partial charge is 0.354 e. The number of Topliss-reactive ketones (excluding diaryl/α,β-unsaturated/α-hetero) is 1. The van der Waals surface area contributed by atoms with Gasteiger partial charge in [0.25, 0.3) is 0 Å². The van der Waals surface area contributed by atoms with Gasteiger partial charge in [0.15, 0.2) is 5.78 Å². The highest BCUT2D eigenvalue weighted by molar-refractivity contribution is 5.94. The number of nitrogens with zero attached hydrogens (tertiary/aromatic N) is 3. The average Bonchev–Trinajstić information content (AvgIpc) is 3.31. The lowest BCUT2D eigenvalue weighted by atomic mass is 10.2. The molecular formula is C15H21N3O. The van der Waals surface area contributed by atoms with E-state index in [9.17, 15) is 4.79 Å². The van der Waals surface area contributed by atoms with E-state index in [0.29, 0.717) is 12.1 Å². The molecule has 0 aromatic carbocycles. The number of pyridine rings is 1. The second kappa shape index (κ2) is 5.29. The zero-order chi connectivity index (χ0) is 13.2. The van der Waals surface area contributed by atoms with Gasteiger partial charge in [-0.25, -0.2) is 4.98 Å². The summed E-state index contributed by atoms with van der Waals surface area (Å²) in [6.07, 6.45) is 3.27. The number of hydrogen-bond donors (Lipinski definition) is 0. The van der Waals surface area contributed by atoms with Crippen molar-refractivity contribution in [2.45, 2.75) is 32.2 Å². The zero-order valence-electron chi connectivity index (χ0n) is 11.5. The van der Waals surface area contributed by atoms with Crippen molar-refractivity contribution in [1.29, 1.82) is 0 Å². The summed E-state index contributed by atoms with van der Waals surface area (Å²) in [4.78, 5) is 21.1. The Bertz CT molecular complexity index is 462. The molecule has 2 heterocycles. The standard InChI is InChI=1S/C15H21N3O/c1-2-14(19)13-4-3-5-15(16-13)18-10-8-17(9-11-18)12-6-7-12/h3-5,12H,2,6-11H2,1H3. The van der Waals surface area contributed by atoms with Crippen LogP contribution in [-0.2, 0) is 0 Å². The first-order valence-corrected chi connectivity index (χ1v) is 7.27. The van der Waals surface area contributed by atoms with Gasteiger partial charge in [-0.3, -0.25) is 9.69 Å². The predicted octanol–water partition coefficient (Wildman–Crippen LogP) is 1.96. The minimum absolute atomic E-state index is 0.124. The summed E-state index contributed by atoms with van der Waals surface area (Å²) in [5, 5.41) is 0. The van der Waals surface area contributed by atoms with Gasteiger partial charge in [0.2, 0.25) is 0 Å². The topological polar surface area (TPSA) is 36.4 Å². The van der Waals surface area contributed by atoms with Gasteiger partial charge in [-0.1, -0.05) is 13.0 Å². The smallest absolute Gasteiger partial charge is 0.180 e. The van der Waals surface area contributed by atoms with Crippen LogP contribution >= 0.6 is 0 Å². The van der Waals surface area contributed by atoms with E-state index < -0.39 is 0 Å². The maximum Gasteiger partial charge on any atom is 0.180 e. The highest BCUT2D eigenvalue weighted by Gasteiger charge is 2.31. The number of rotatable bonds is 4. The van der Waals surface area contributed by atoms with E-state index in [0.717, 1.165) is 38.0 Å². The Kier molecular flexibility index (Phi) is 3.51. The zero-order valence-corrected chi connectivity index (χ0v) is 11.5. The van der Waals surface area contributed by atoms with E-state index in [2.05, 4.69) is 14.8 Å². The van der Waals surface area contributed by atoms with E-state index in [1.807, 2.05) is 25.1 Å². The first-order valence-electron chi connectivity index (χ1n) is 7.27. The Balaban J connectivity index is 1.67. The minimum Gasteiger partial charge on any atom is -0.354 e. The molecule has 1 saturated carbocycles. The van der Waals surface area contributed by atoms with Crippen molar-refractivity contribution >= 4 is 11.6 Å². The van der Waals surface area contributed by atoms with Crippen molar-refractivity contribution in [2.75, 3.05) is 31.1 Å². The third kappa shape index (κ3) is 2.78. The fourth-order valence-electron chi connectivity index (χ4n) is 2.69. The Labute approximate surface area is 114 Å². The quantitative estimate of drug-likeness (QED) is 0.775. The van der Waals surface area contributed by atoms with Gasteiger partial charge in [-0.15, -0.1) is 0 Å². The molecule has 19 heavy (non-hydrogen) atoms. The second-order valence-corrected chi connectivity index (χ2v) is 5.41. The van der Waals surface area contributed by atoms with Crippen molar-refractivity contribution < 1.29 is 4.79 Å².